The molecule has 0 N–H and O–H groups in total. The lowest BCUT2D eigenvalue weighted by Crippen LogP contribution is -1.91. The highest BCUT2D eigenvalue weighted by Crippen LogP contribution is 2.37. The van der Waals surface area contributed by atoms with Crippen LogP contribution in [0.1, 0.15) is 22.3 Å². The predicted octanol–water partition coefficient (Wildman–Crippen LogP) is 14.5. The molecule has 0 fully saturated rings. The second kappa shape index (κ2) is 47.7. The van der Waals surface area contributed by atoms with Gasteiger partial charge in [-0.05, 0) is 145 Å². The Hall–Kier alpha value is -16.1. The van der Waals surface area contributed by atoms with Crippen LogP contribution in [0.4, 0.5) is 56.9 Å². The first kappa shape index (κ1) is 80.1. The highest BCUT2D eigenvalue weighted by Gasteiger charge is 2.11. The van der Waals surface area contributed by atoms with E-state index in [1.54, 1.807) is 178 Å². The van der Waals surface area contributed by atoms with Crippen LogP contribution in [0, 0.1) is 48.4 Å². The summed E-state index contributed by atoms with van der Waals surface area (Å²) in [6.07, 6.45) is 20.6. The van der Waals surface area contributed by atoms with Crippen LogP contribution in [0.2, 0.25) is 0 Å². The van der Waals surface area contributed by atoms with Gasteiger partial charge in [0.2, 0.25) is 66.9 Å². The molecule has 0 heterocycles. The molecular weight excluding hydrogens is 1320 g/mol. The van der Waals surface area contributed by atoms with E-state index in [0.717, 1.165) is 38.6 Å². The molecule has 102 heavy (non-hydrogen) atoms. The van der Waals surface area contributed by atoms with Crippen molar-refractivity contribution < 1.29 is 76.4 Å². The summed E-state index contributed by atoms with van der Waals surface area (Å²) in [7, 11) is 2.99. The number of hydrogen-bond acceptors (Lipinski definition) is 30. The first-order chi connectivity index (χ1) is 49.7. The van der Waals surface area contributed by atoms with Crippen molar-refractivity contribution in [2.75, 3.05) is 14.2 Å². The molecule has 0 aliphatic carbocycles. The number of aliphatic imine (C=N–C) groups is 11. The van der Waals surface area contributed by atoms with E-state index < -0.39 is 0 Å². The van der Waals surface area contributed by atoms with E-state index in [4.69, 9.17) is 30.0 Å². The average Bonchev–Trinajstić information content (AvgIpc) is 0.813. The van der Waals surface area contributed by atoms with Crippen LogP contribution >= 0.6 is 0 Å². The summed E-state index contributed by atoms with van der Waals surface area (Å²) in [5.41, 5.74) is 9.55. The summed E-state index contributed by atoms with van der Waals surface area (Å²) in [6, 6.07) is 50.5. The molecule has 9 aromatic carbocycles. The molecule has 0 aliphatic heterocycles. The fraction of sp³-hybridized carbons (Fsp3) is 0.0833. The summed E-state index contributed by atoms with van der Waals surface area (Å²) >= 11 is 0. The summed E-state index contributed by atoms with van der Waals surface area (Å²) < 4.78 is 24.4. The lowest BCUT2D eigenvalue weighted by molar-refractivity contribution is 0.257. The Morgan fingerprint density at radius 1 is 0.324 bits per heavy atom. The van der Waals surface area contributed by atoms with E-state index in [9.17, 15) is 52.7 Å². The number of isocyanates is 11. The number of aryl methyl sites for hydroxylation is 1. The number of rotatable bonds is 19. The number of methoxy groups -OCH3 is 2. The van der Waals surface area contributed by atoms with Gasteiger partial charge in [-0.15, -0.1) is 10.5 Å². The highest BCUT2D eigenvalue weighted by molar-refractivity contribution is 6.00. The van der Waals surface area contributed by atoms with Crippen LogP contribution in [0.5, 0.6) is 23.0 Å². The van der Waals surface area contributed by atoms with Gasteiger partial charge in [0.1, 0.15) is 23.8 Å². The summed E-state index contributed by atoms with van der Waals surface area (Å²) in [5.74, 6) is 1.63. The third-order valence-electron chi connectivity index (χ3n) is 12.3. The van der Waals surface area contributed by atoms with Crippen molar-refractivity contribution in [1.82, 2.24) is 0 Å². The second-order valence-electron chi connectivity index (χ2n) is 18.3. The largest absolute Gasteiger partial charge is 0.494 e. The van der Waals surface area contributed by atoms with Gasteiger partial charge in [0, 0.05) is 16.3 Å². The van der Waals surface area contributed by atoms with Gasteiger partial charge < -0.3 is 23.7 Å². The fourth-order valence-corrected chi connectivity index (χ4v) is 7.80. The molecule has 0 bridgehead atoms. The molecule has 0 unspecified atom stereocenters. The molecule has 0 atom stereocenters. The van der Waals surface area contributed by atoms with Crippen LogP contribution in [-0.2, 0) is 70.6 Å². The molecule has 0 aliphatic rings. The zero-order valence-corrected chi connectivity index (χ0v) is 53.5. The first-order valence-corrected chi connectivity index (χ1v) is 28.1. The SMILES string of the molecule is COc1cc(-c2ccc(OC#N)c(OC)c2)ccc1N=C=O.Cc1c(N=C=O)cccc1OC#N.Cc1ccc(N=C=O)cc1N=C=O.N#COCc1ccc(CN=C=O)cc1.O=C=Nc1ccc(N=C=O)cc1.O=C=Nc1cccc(N=C=O)c1.O=C=Nc1cccc2c(N=C=O)cccc12. The Kier molecular flexibility index (Phi) is 37.5. The van der Waals surface area contributed by atoms with E-state index in [0.29, 0.717) is 92.0 Å². The van der Waals surface area contributed by atoms with Crippen LogP contribution in [0.25, 0.3) is 21.9 Å². The van der Waals surface area contributed by atoms with Gasteiger partial charge in [-0.2, -0.15) is 55.2 Å². The average molecular weight is 1360 g/mol. The summed E-state index contributed by atoms with van der Waals surface area (Å²) in [5, 5.41) is 26.5. The van der Waals surface area contributed by atoms with Crippen LogP contribution < -0.4 is 18.9 Å². The second-order valence-corrected chi connectivity index (χ2v) is 18.3. The van der Waals surface area contributed by atoms with Gasteiger partial charge in [-0.25, -0.2) is 57.7 Å². The lowest BCUT2D eigenvalue weighted by Gasteiger charge is -2.10. The Balaban J connectivity index is 0.000000313. The number of nitrogens with zero attached hydrogens (tertiary/aromatic N) is 14. The van der Waals surface area contributed by atoms with Crippen molar-refractivity contribution in [2.24, 2.45) is 54.9 Å². The van der Waals surface area contributed by atoms with E-state index in [2.05, 4.69) is 64.4 Å². The van der Waals surface area contributed by atoms with Crippen LogP contribution in [0.3, 0.4) is 0 Å². The lowest BCUT2D eigenvalue weighted by atomic mass is 10.0. The quantitative estimate of drug-likeness (QED) is 0.0412. The highest BCUT2D eigenvalue weighted by atomic mass is 16.5. The molecule has 0 saturated heterocycles. The van der Waals surface area contributed by atoms with Gasteiger partial charge in [-0.3, -0.25) is 0 Å². The maximum atomic E-state index is 10.4. The van der Waals surface area contributed by atoms with Crippen LogP contribution in [-0.4, -0.2) is 81.1 Å². The number of hydrogen-bond donors (Lipinski definition) is 0. The van der Waals surface area contributed by atoms with Gasteiger partial charge in [0.05, 0.1) is 72.0 Å². The molecule has 9 aromatic rings. The zero-order valence-electron chi connectivity index (χ0n) is 53.5. The molecule has 9 rings (SSSR count). The minimum absolute atomic E-state index is 0.272. The van der Waals surface area contributed by atoms with Crippen molar-refractivity contribution >= 4 is 135 Å². The summed E-state index contributed by atoms with van der Waals surface area (Å²) in [6.45, 7) is 4.12. The van der Waals surface area contributed by atoms with Gasteiger partial charge >= 0.3 is 0 Å². The Morgan fingerprint density at radius 3 is 1.23 bits per heavy atom. The molecule has 500 valence electrons. The van der Waals surface area contributed by atoms with Crippen molar-refractivity contribution in [2.45, 2.75) is 27.0 Å². The number of nitriles is 3. The maximum absolute atomic E-state index is 10.4. The van der Waals surface area contributed by atoms with E-state index in [1.807, 2.05) is 24.3 Å². The van der Waals surface area contributed by atoms with Crippen molar-refractivity contribution in [3.63, 3.8) is 0 Å². The van der Waals surface area contributed by atoms with Crippen molar-refractivity contribution in [3.8, 4) is 52.9 Å². The fourth-order valence-electron chi connectivity index (χ4n) is 7.80. The smallest absolute Gasteiger partial charge is 0.292 e. The summed E-state index contributed by atoms with van der Waals surface area (Å²) in [4.78, 5) is 148. The minimum Gasteiger partial charge on any atom is -0.494 e. The molecule has 0 radical (unpaired) electrons. The van der Waals surface area contributed by atoms with Crippen molar-refractivity contribution in [1.29, 1.82) is 15.8 Å². The van der Waals surface area contributed by atoms with Crippen molar-refractivity contribution in [3.05, 3.63) is 204 Å². The van der Waals surface area contributed by atoms with E-state index in [-0.39, 0.29) is 6.61 Å². The minimum atomic E-state index is 0.272. The van der Waals surface area contributed by atoms with E-state index >= 15 is 0 Å². The molecule has 0 saturated carbocycles. The van der Waals surface area contributed by atoms with Gasteiger partial charge in [0.25, 0.3) is 18.8 Å². The van der Waals surface area contributed by atoms with Crippen LogP contribution in [0.15, 0.2) is 237 Å². The molecule has 30 heteroatoms. The third kappa shape index (κ3) is 28.2. The number of fused-ring (bicyclic) bond motifs is 1. The number of benzene rings is 9. The molecule has 0 aromatic heterocycles. The van der Waals surface area contributed by atoms with Gasteiger partial charge in [0.15, 0.2) is 11.5 Å². The number of carbonyl (C=O) groups excluding carboxylic acids is 11. The topological polar surface area (TPSA) is 441 Å². The Morgan fingerprint density at radius 2 is 0.735 bits per heavy atom. The normalized spacial score (nSPS) is 8.64. The molecular formula is C72H46N14O16. The Labute approximate surface area is 577 Å². The Bertz CT molecular complexity index is 4970. The zero-order chi connectivity index (χ0) is 74.5. The molecule has 0 amide bonds. The predicted molar refractivity (Wildman–Crippen MR) is 363 cm³/mol. The standard InChI is InChI=1S/C16H12N2O4.C12H6N2O2.C10H8N2O2.2C9H6N2O2.2C8H4N2O2/c1-20-15-7-11(3-5-13(15)18-10-19)12-4-6-14(22-9-17)16(8-12)21-2;15-7-13-11-5-1-3-9-10(11)4-2-6-12(9)14-8-16;11-7-14-6-10-3-1-9(2-4-10)5-12-8-13;1-7-2-3-8(10-5-12)4-9(7)11-6-13;1-7-8(11-6-12)3-2-4-9(7)13-5-10;11-5-9-7-1-2-8(4-3-7)10-6-12;11-5-9-7-2-1-3-8(4-7)10-6-12/h3-8H,1-2H3;1-6H;1-4H,5-6H2;2*2-4H,1H3;2*1-4H. The molecule has 30 nitrogen and oxygen atoms in total. The van der Waals surface area contributed by atoms with Gasteiger partial charge in [-0.1, -0.05) is 78.9 Å². The number of ether oxygens (including phenoxy) is 5. The monoisotopic (exact) mass is 1360 g/mol. The third-order valence-corrected chi connectivity index (χ3v) is 12.3. The molecule has 0 spiro atoms. The van der Waals surface area contributed by atoms with E-state index in [1.165, 1.54) is 93.2 Å². The maximum Gasteiger partial charge on any atom is 0.292 e. The first-order valence-electron chi connectivity index (χ1n) is 28.1.